The second kappa shape index (κ2) is 19.8. The van der Waals surface area contributed by atoms with Crippen LogP contribution in [0.4, 0.5) is 22.7 Å². The number of nitrogens with zero attached hydrogens (tertiary/aromatic N) is 5. The van der Waals surface area contributed by atoms with Crippen molar-refractivity contribution >= 4 is 223 Å². The van der Waals surface area contributed by atoms with Crippen molar-refractivity contribution in [3.63, 3.8) is 0 Å². The monoisotopic (exact) mass is 1350 g/mol. The molecule has 0 amide bonds. The average molecular weight is 1350 g/mol. The number of hydrogen-bond donors (Lipinski definition) is 0. The number of benzene rings is 13. The van der Waals surface area contributed by atoms with Gasteiger partial charge in [0.25, 0.3) is 20.1 Å². The van der Waals surface area contributed by atoms with E-state index in [4.69, 9.17) is 18.9 Å². The minimum absolute atomic E-state index is 0.202. The fraction of sp³-hybridized carbons (Fsp3) is 0.0238. The lowest BCUT2D eigenvalue weighted by Crippen LogP contribution is -2.65. The van der Waals surface area contributed by atoms with Crippen molar-refractivity contribution in [3.8, 4) is 63.1 Å². The van der Waals surface area contributed by atoms with Gasteiger partial charge in [-0.15, -0.1) is 22.7 Å². The number of aromatic nitrogens is 3. The molecular formula is C84H48B3N5O4S4. The molecule has 0 spiro atoms. The minimum Gasteiger partial charge on any atom is -0.458 e. The highest BCUT2D eigenvalue weighted by atomic mass is 32.2. The molecule has 0 unspecified atom stereocenters. The molecule has 0 bridgehead atoms. The second-order valence-electron chi connectivity index (χ2n) is 26.9. The first-order valence-electron chi connectivity index (χ1n) is 33.8. The van der Waals surface area contributed by atoms with Gasteiger partial charge in [0.05, 0.1) is 72.9 Å². The third-order valence-corrected chi connectivity index (χ3v) is 26.0. The van der Waals surface area contributed by atoms with Crippen molar-refractivity contribution in [1.29, 1.82) is 0 Å². The maximum absolute atomic E-state index is 7.63. The Hall–Kier alpha value is -11.1. The first-order valence-corrected chi connectivity index (χ1v) is 37.8. The van der Waals surface area contributed by atoms with Crippen LogP contribution in [0.15, 0.2) is 255 Å². The molecule has 0 radical (unpaired) electrons. The highest BCUT2D eigenvalue weighted by Gasteiger charge is 2.50. The Kier molecular flexibility index (Phi) is 10.9. The van der Waals surface area contributed by atoms with Crippen molar-refractivity contribution in [1.82, 2.24) is 13.7 Å². The molecule has 18 aromatic rings. The molecule has 0 saturated carbocycles. The van der Waals surface area contributed by atoms with Crippen LogP contribution in [0.25, 0.3) is 103 Å². The molecule has 13 aromatic carbocycles. The Morgan fingerprint density at radius 2 is 0.590 bits per heavy atom. The van der Waals surface area contributed by atoms with Crippen molar-refractivity contribution in [3.05, 3.63) is 255 Å². The van der Waals surface area contributed by atoms with Gasteiger partial charge in [-0.25, -0.2) is 0 Å². The third kappa shape index (κ3) is 7.08. The van der Waals surface area contributed by atoms with Gasteiger partial charge in [0.1, 0.15) is 46.0 Å². The SMILES string of the molecule is CSN1c2cc3c(cc2B2c4cc5c(cc4N(SC)c4cc(-n6c7ccccc7c7ccccc76)cc1c42)Oc1cc(-n2c4ccccc4c4ccccc42)cc2c1B5c1sc4ccccc4c1O2)B1c2sc4ccccc4c2Oc2cc(-n4c5ccccc5c5ccccc54)cc(c21)O3. The normalized spacial score (nSPS) is 14.0. The summed E-state index contributed by atoms with van der Waals surface area (Å²) in [6.07, 6.45) is 4.44. The van der Waals surface area contributed by atoms with Crippen LogP contribution >= 0.6 is 46.6 Å². The summed E-state index contributed by atoms with van der Waals surface area (Å²) in [6.45, 7) is -0.648. The zero-order valence-electron chi connectivity index (χ0n) is 53.5. The van der Waals surface area contributed by atoms with Crippen LogP contribution < -0.4 is 75.4 Å². The summed E-state index contributed by atoms with van der Waals surface area (Å²) in [5.74, 6) is 6.68. The van der Waals surface area contributed by atoms with Gasteiger partial charge in [0, 0.05) is 122 Å². The predicted molar refractivity (Wildman–Crippen MR) is 424 cm³/mol. The van der Waals surface area contributed by atoms with E-state index in [0.29, 0.717) is 0 Å². The Morgan fingerprint density at radius 3 is 0.940 bits per heavy atom. The highest BCUT2D eigenvalue weighted by molar-refractivity contribution is 8.00. The van der Waals surface area contributed by atoms with Crippen LogP contribution in [0.1, 0.15) is 0 Å². The van der Waals surface area contributed by atoms with Crippen LogP contribution in [0, 0.1) is 0 Å². The van der Waals surface area contributed by atoms with Crippen LogP contribution in [0.5, 0.6) is 46.0 Å². The van der Waals surface area contributed by atoms with E-state index in [9.17, 15) is 0 Å². The number of fused-ring (bicyclic) bond motifs is 25. The standard InChI is InChI=1S/C84H48B3N5O4S4/c1-97-91-66-43-70-58(86-79-72(93-70)37-46(39-74(79)95-81-54-25-9-17-33-76(54)99-83(81)86)89-62-29-13-5-21-50(62)51-22-6-14-30-63(51)89)41-56(66)85-57-42-59-71(44-67(57)92(98-2)69-36-45(35-68(91)78(69)85)88-60-27-11-3-19-48(60)49-20-4-12-28-61(49)88)94-73-38-47(90-64-31-15-7-23-52(64)53-24-8-16-32-65(53)90)40-75-80(73)87(59)84-82(96-75)55-26-10-18-34-77(55)100-84/h3-44H,1-2H3. The van der Waals surface area contributed by atoms with E-state index < -0.39 is 0 Å². The zero-order chi connectivity index (χ0) is 65.1. The van der Waals surface area contributed by atoms with Gasteiger partial charge < -0.3 is 32.6 Å². The number of thiophene rings is 2. The fourth-order valence-corrected chi connectivity index (χ4v) is 22.0. The Labute approximate surface area is 590 Å². The topological polar surface area (TPSA) is 58.2 Å². The molecule has 466 valence electrons. The number of rotatable bonds is 5. The van der Waals surface area contributed by atoms with Gasteiger partial charge in [0.15, 0.2) is 0 Å². The summed E-state index contributed by atoms with van der Waals surface area (Å²) in [5.41, 5.74) is 22.3. The number of hydrogen-bond acceptors (Lipinski definition) is 10. The number of ether oxygens (including phenoxy) is 4. The van der Waals surface area contributed by atoms with E-state index in [1.54, 1.807) is 23.9 Å². The molecule has 5 aromatic heterocycles. The molecule has 0 aliphatic carbocycles. The van der Waals surface area contributed by atoms with Crippen LogP contribution in [0.2, 0.25) is 0 Å². The first-order chi connectivity index (χ1) is 49.5. The average Bonchev–Trinajstić information content (AvgIpc) is 0.900. The molecule has 11 heterocycles. The molecule has 24 rings (SSSR count). The van der Waals surface area contributed by atoms with Gasteiger partial charge in [-0.05, 0) is 124 Å². The molecule has 0 N–H and O–H groups in total. The summed E-state index contributed by atoms with van der Waals surface area (Å²) in [5, 5.41) is 9.45. The Bertz CT molecular complexity index is 6300. The summed E-state index contributed by atoms with van der Waals surface area (Å²) in [4.78, 5) is 0. The zero-order valence-corrected chi connectivity index (χ0v) is 56.7. The summed E-state index contributed by atoms with van der Waals surface area (Å²) >= 11 is 7.15. The molecule has 16 heteroatoms. The molecule has 6 aliphatic heterocycles. The summed E-state index contributed by atoms with van der Waals surface area (Å²) < 4.78 is 46.9. The van der Waals surface area contributed by atoms with Crippen molar-refractivity contribution in [2.24, 2.45) is 0 Å². The van der Waals surface area contributed by atoms with Crippen LogP contribution in [-0.4, -0.2) is 46.4 Å². The van der Waals surface area contributed by atoms with E-state index in [2.05, 4.69) is 290 Å². The Morgan fingerprint density at radius 1 is 0.280 bits per heavy atom. The summed E-state index contributed by atoms with van der Waals surface area (Å²) in [7, 11) is 0. The maximum Gasteiger partial charge on any atom is 0.273 e. The van der Waals surface area contributed by atoms with Crippen molar-refractivity contribution in [2.45, 2.75) is 0 Å². The molecule has 9 nitrogen and oxygen atoms in total. The smallest absolute Gasteiger partial charge is 0.273 e. The van der Waals surface area contributed by atoms with Crippen molar-refractivity contribution < 1.29 is 18.9 Å². The predicted octanol–water partition coefficient (Wildman–Crippen LogP) is 16.8. The van der Waals surface area contributed by atoms with Crippen LogP contribution in [-0.2, 0) is 0 Å². The molecule has 0 saturated heterocycles. The van der Waals surface area contributed by atoms with Crippen molar-refractivity contribution in [2.75, 3.05) is 21.1 Å². The minimum atomic E-state index is -0.245. The fourth-order valence-electron chi connectivity index (χ4n) is 18.1. The third-order valence-electron chi connectivity index (χ3n) is 22.0. The number of para-hydroxylation sites is 6. The lowest BCUT2D eigenvalue weighted by molar-refractivity contribution is 0.467. The van der Waals surface area contributed by atoms with E-state index in [0.717, 1.165) is 152 Å². The van der Waals surface area contributed by atoms with Gasteiger partial charge in [-0.3, -0.25) is 8.61 Å². The number of anilines is 4. The van der Waals surface area contributed by atoms with Gasteiger partial charge in [-0.2, -0.15) is 0 Å². The van der Waals surface area contributed by atoms with Crippen LogP contribution in [0.3, 0.4) is 0 Å². The molecule has 0 atom stereocenters. The van der Waals surface area contributed by atoms with E-state index in [1.165, 1.54) is 67.7 Å². The van der Waals surface area contributed by atoms with E-state index >= 15 is 0 Å². The first kappa shape index (κ1) is 54.8. The van der Waals surface area contributed by atoms with Gasteiger partial charge in [-0.1, -0.05) is 146 Å². The van der Waals surface area contributed by atoms with Gasteiger partial charge in [0.2, 0.25) is 0 Å². The van der Waals surface area contributed by atoms with E-state index in [-0.39, 0.29) is 20.1 Å². The Balaban J connectivity index is 0.766. The maximum atomic E-state index is 7.63. The van der Waals surface area contributed by atoms with E-state index in [1.807, 2.05) is 22.7 Å². The lowest BCUT2D eigenvalue weighted by Gasteiger charge is -2.44. The molecule has 6 aliphatic rings. The molecular weight excluding hydrogens is 1300 g/mol. The largest absolute Gasteiger partial charge is 0.458 e. The van der Waals surface area contributed by atoms with Gasteiger partial charge >= 0.3 is 0 Å². The molecule has 0 fully saturated rings. The quantitative estimate of drug-likeness (QED) is 0.125. The lowest BCUT2D eigenvalue weighted by atomic mass is 9.30. The highest BCUT2D eigenvalue weighted by Crippen LogP contribution is 2.51. The molecule has 100 heavy (non-hydrogen) atoms. The second-order valence-corrected chi connectivity index (χ2v) is 30.5. The summed E-state index contributed by atoms with van der Waals surface area (Å²) in [6, 6.07) is 93.7.